The molecule has 0 unspecified atom stereocenters. The van der Waals surface area contributed by atoms with E-state index in [1.807, 2.05) is 0 Å². The van der Waals surface area contributed by atoms with Crippen molar-refractivity contribution in [1.29, 1.82) is 0 Å². The van der Waals surface area contributed by atoms with Crippen molar-refractivity contribution in [3.63, 3.8) is 0 Å². The lowest BCUT2D eigenvalue weighted by molar-refractivity contribution is -0.145. The highest BCUT2D eigenvalue weighted by Crippen LogP contribution is 2.24. The van der Waals surface area contributed by atoms with Crippen molar-refractivity contribution < 1.29 is 14.3 Å². The standard InChI is InChI=1S/C14H15Cl2NO3/c1-3-6-11(14(19)20-4-2)17-13(18)12-9(15)7-5-8-10(12)16/h3,5,7-8,11H,1,4,6H2,2H3,(H,17,18)/t11-/m0/s1. The van der Waals surface area contributed by atoms with E-state index in [0.717, 1.165) is 0 Å². The molecule has 0 radical (unpaired) electrons. The number of benzene rings is 1. The predicted molar refractivity (Wildman–Crippen MR) is 79.2 cm³/mol. The highest BCUT2D eigenvalue weighted by molar-refractivity contribution is 6.39. The van der Waals surface area contributed by atoms with Crippen molar-refractivity contribution in [2.45, 2.75) is 19.4 Å². The van der Waals surface area contributed by atoms with Crippen molar-refractivity contribution >= 4 is 35.1 Å². The molecule has 0 saturated heterocycles. The second-order valence-corrected chi connectivity index (χ2v) is 4.71. The molecule has 0 aliphatic carbocycles. The van der Waals surface area contributed by atoms with E-state index in [-0.39, 0.29) is 28.6 Å². The first-order valence-electron chi connectivity index (χ1n) is 6.03. The van der Waals surface area contributed by atoms with Crippen LogP contribution >= 0.6 is 23.2 Å². The van der Waals surface area contributed by atoms with Gasteiger partial charge >= 0.3 is 5.97 Å². The van der Waals surface area contributed by atoms with Crippen LogP contribution < -0.4 is 5.32 Å². The van der Waals surface area contributed by atoms with Crippen molar-refractivity contribution in [3.05, 3.63) is 46.5 Å². The van der Waals surface area contributed by atoms with Gasteiger partial charge in [0.2, 0.25) is 0 Å². The van der Waals surface area contributed by atoms with Crippen molar-refractivity contribution in [3.8, 4) is 0 Å². The summed E-state index contributed by atoms with van der Waals surface area (Å²) in [6, 6.07) is 3.92. The predicted octanol–water partition coefficient (Wildman–Crippen LogP) is 3.23. The molecule has 1 atom stereocenters. The van der Waals surface area contributed by atoms with Gasteiger partial charge in [0.15, 0.2) is 0 Å². The molecule has 4 nitrogen and oxygen atoms in total. The van der Waals surface area contributed by atoms with Gasteiger partial charge in [0.05, 0.1) is 22.2 Å². The van der Waals surface area contributed by atoms with Crippen molar-refractivity contribution in [2.24, 2.45) is 0 Å². The minimum Gasteiger partial charge on any atom is -0.464 e. The van der Waals surface area contributed by atoms with E-state index in [2.05, 4.69) is 11.9 Å². The van der Waals surface area contributed by atoms with Crippen LogP contribution in [0.5, 0.6) is 0 Å². The molecule has 0 bridgehead atoms. The number of carbonyl (C=O) groups excluding carboxylic acids is 2. The molecule has 0 aromatic heterocycles. The largest absolute Gasteiger partial charge is 0.464 e. The summed E-state index contributed by atoms with van der Waals surface area (Å²) < 4.78 is 4.89. The molecular weight excluding hydrogens is 301 g/mol. The van der Waals surface area contributed by atoms with Crippen LogP contribution in [0, 0.1) is 0 Å². The van der Waals surface area contributed by atoms with Crippen LogP contribution in [-0.4, -0.2) is 24.5 Å². The Labute approximate surface area is 127 Å². The van der Waals surface area contributed by atoms with E-state index < -0.39 is 17.9 Å². The number of hydrogen-bond donors (Lipinski definition) is 1. The molecule has 1 amide bonds. The van der Waals surface area contributed by atoms with Gasteiger partial charge in [0, 0.05) is 0 Å². The van der Waals surface area contributed by atoms with Gasteiger partial charge in [0.25, 0.3) is 5.91 Å². The number of ether oxygens (including phenoxy) is 1. The molecule has 1 N–H and O–H groups in total. The molecule has 0 aliphatic rings. The molecule has 6 heteroatoms. The van der Waals surface area contributed by atoms with Crippen LogP contribution in [0.1, 0.15) is 23.7 Å². The fourth-order valence-corrected chi connectivity index (χ4v) is 2.14. The van der Waals surface area contributed by atoms with Crippen molar-refractivity contribution in [2.75, 3.05) is 6.61 Å². The summed E-state index contributed by atoms with van der Waals surface area (Å²) in [7, 11) is 0. The van der Waals surface area contributed by atoms with Crippen LogP contribution in [-0.2, 0) is 9.53 Å². The first-order valence-corrected chi connectivity index (χ1v) is 6.79. The van der Waals surface area contributed by atoms with Crippen LogP contribution in [0.2, 0.25) is 10.0 Å². The number of rotatable bonds is 6. The van der Waals surface area contributed by atoms with E-state index in [9.17, 15) is 9.59 Å². The summed E-state index contributed by atoms with van der Waals surface area (Å²) in [5, 5.41) is 2.98. The summed E-state index contributed by atoms with van der Waals surface area (Å²) in [5.74, 6) is -1.05. The Morgan fingerprint density at radius 1 is 1.40 bits per heavy atom. The SMILES string of the molecule is C=CC[C@H](NC(=O)c1c(Cl)cccc1Cl)C(=O)OCC. The molecule has 0 spiro atoms. The van der Waals surface area contributed by atoms with E-state index in [0.29, 0.717) is 0 Å². The molecule has 1 aromatic carbocycles. The average molecular weight is 316 g/mol. The van der Waals surface area contributed by atoms with E-state index >= 15 is 0 Å². The Morgan fingerprint density at radius 3 is 2.50 bits per heavy atom. The summed E-state index contributed by atoms with van der Waals surface area (Å²) >= 11 is 11.9. The van der Waals surface area contributed by atoms with Crippen LogP contribution in [0.3, 0.4) is 0 Å². The lowest BCUT2D eigenvalue weighted by atomic mass is 10.1. The van der Waals surface area contributed by atoms with E-state index in [1.54, 1.807) is 25.1 Å². The number of amides is 1. The van der Waals surface area contributed by atoms with Crippen LogP contribution in [0.25, 0.3) is 0 Å². The molecule has 1 rings (SSSR count). The maximum Gasteiger partial charge on any atom is 0.328 e. The fraction of sp³-hybridized carbons (Fsp3) is 0.286. The molecule has 0 fully saturated rings. The Morgan fingerprint density at radius 2 is 2.00 bits per heavy atom. The van der Waals surface area contributed by atoms with Gasteiger partial charge in [-0.25, -0.2) is 4.79 Å². The second-order valence-electron chi connectivity index (χ2n) is 3.90. The number of carbonyl (C=O) groups is 2. The van der Waals surface area contributed by atoms with Gasteiger partial charge < -0.3 is 10.1 Å². The Bertz CT molecular complexity index is 497. The molecule has 0 aliphatic heterocycles. The van der Waals surface area contributed by atoms with Gasteiger partial charge in [-0.1, -0.05) is 35.3 Å². The van der Waals surface area contributed by atoms with Crippen LogP contribution in [0.4, 0.5) is 0 Å². The normalized spacial score (nSPS) is 11.6. The smallest absolute Gasteiger partial charge is 0.328 e. The molecule has 0 saturated carbocycles. The third-order valence-corrected chi connectivity index (χ3v) is 3.10. The summed E-state index contributed by atoms with van der Waals surface area (Å²) in [5.41, 5.74) is 0.134. The number of esters is 1. The lowest BCUT2D eigenvalue weighted by Crippen LogP contribution is -2.41. The maximum atomic E-state index is 12.2. The Balaban J connectivity index is 2.91. The first-order chi connectivity index (χ1) is 9.51. The zero-order chi connectivity index (χ0) is 15.1. The lowest BCUT2D eigenvalue weighted by Gasteiger charge is -2.16. The minimum absolute atomic E-state index is 0.134. The summed E-state index contributed by atoms with van der Waals surface area (Å²) in [6.45, 7) is 5.47. The van der Waals surface area contributed by atoms with E-state index in [1.165, 1.54) is 6.08 Å². The second kappa shape index (κ2) is 7.92. The van der Waals surface area contributed by atoms with E-state index in [4.69, 9.17) is 27.9 Å². The summed E-state index contributed by atoms with van der Waals surface area (Å²) in [6.07, 6.45) is 1.78. The zero-order valence-electron chi connectivity index (χ0n) is 11.0. The number of nitrogens with one attached hydrogen (secondary N) is 1. The monoisotopic (exact) mass is 315 g/mol. The number of hydrogen-bond acceptors (Lipinski definition) is 3. The fourth-order valence-electron chi connectivity index (χ4n) is 1.57. The quantitative estimate of drug-likeness (QED) is 0.647. The van der Waals surface area contributed by atoms with Crippen LogP contribution in [0.15, 0.2) is 30.9 Å². The Kier molecular flexibility index (Phi) is 6.55. The third kappa shape index (κ3) is 4.25. The maximum absolute atomic E-state index is 12.2. The molecular formula is C14H15Cl2NO3. The van der Waals surface area contributed by atoms with Gasteiger partial charge in [-0.2, -0.15) is 0 Å². The third-order valence-electron chi connectivity index (χ3n) is 2.47. The van der Waals surface area contributed by atoms with Gasteiger partial charge in [-0.15, -0.1) is 6.58 Å². The average Bonchev–Trinajstić information content (AvgIpc) is 2.38. The van der Waals surface area contributed by atoms with Gasteiger partial charge in [0.1, 0.15) is 6.04 Å². The molecule has 0 heterocycles. The van der Waals surface area contributed by atoms with Crippen molar-refractivity contribution in [1.82, 2.24) is 5.32 Å². The van der Waals surface area contributed by atoms with Gasteiger partial charge in [-0.05, 0) is 25.5 Å². The topological polar surface area (TPSA) is 55.4 Å². The summed E-state index contributed by atoms with van der Waals surface area (Å²) in [4.78, 5) is 23.9. The highest BCUT2D eigenvalue weighted by atomic mass is 35.5. The first kappa shape index (κ1) is 16.5. The highest BCUT2D eigenvalue weighted by Gasteiger charge is 2.23. The minimum atomic E-state index is -0.813. The zero-order valence-corrected chi connectivity index (χ0v) is 12.5. The number of halogens is 2. The molecule has 20 heavy (non-hydrogen) atoms. The molecule has 1 aromatic rings. The molecule has 108 valence electrons. The Hall–Kier alpha value is -1.52. The van der Waals surface area contributed by atoms with Gasteiger partial charge in [-0.3, -0.25) is 4.79 Å².